The van der Waals surface area contributed by atoms with E-state index in [1.165, 1.54) is 0 Å². The number of nitriles is 1. The maximum Gasteiger partial charge on any atom is 0.419 e. The number of aliphatic hydroxyl groups excluding tert-OH is 1. The smallest absolute Gasteiger partial charge is 0.419 e. The van der Waals surface area contributed by atoms with Gasteiger partial charge >= 0.3 is 6.18 Å². The Morgan fingerprint density at radius 1 is 1.23 bits per heavy atom. The molecule has 31 heavy (non-hydrogen) atoms. The second-order valence-electron chi connectivity index (χ2n) is 6.43. The molecule has 166 valence electrons. The van der Waals surface area contributed by atoms with Gasteiger partial charge in [0.25, 0.3) is 5.91 Å². The van der Waals surface area contributed by atoms with E-state index in [0.717, 1.165) is 18.2 Å². The van der Waals surface area contributed by atoms with Crippen molar-refractivity contribution in [2.45, 2.75) is 44.7 Å². The van der Waals surface area contributed by atoms with Crippen LogP contribution >= 0.6 is 0 Å². The number of carbonyl (C=O) groups excluding carboxylic acids is 2. The Morgan fingerprint density at radius 3 is 2.52 bits per heavy atom. The van der Waals surface area contributed by atoms with Crippen LogP contribution in [0.4, 0.5) is 18.9 Å². The number of aliphatic hydroxyl groups is 1. The summed E-state index contributed by atoms with van der Waals surface area (Å²) in [7, 11) is 0. The third-order valence-corrected chi connectivity index (χ3v) is 4.00. The molecule has 0 aromatic heterocycles. The number of carbonyl (C=O) groups is 2. The summed E-state index contributed by atoms with van der Waals surface area (Å²) in [5, 5.41) is 21.2. The van der Waals surface area contributed by atoms with Gasteiger partial charge in [0.15, 0.2) is 5.57 Å². The summed E-state index contributed by atoms with van der Waals surface area (Å²) < 4.78 is 45.0. The van der Waals surface area contributed by atoms with E-state index < -0.39 is 40.6 Å². The normalized spacial score (nSPS) is 11.6. The van der Waals surface area contributed by atoms with Crippen molar-refractivity contribution >= 4 is 17.5 Å². The minimum Gasteiger partial charge on any atom is -0.511 e. The third-order valence-electron chi connectivity index (χ3n) is 4.00. The van der Waals surface area contributed by atoms with Crippen molar-refractivity contribution in [1.82, 2.24) is 0 Å². The monoisotopic (exact) mass is 437 g/mol. The molecule has 0 aliphatic carbocycles. The molecule has 10 heteroatoms. The van der Waals surface area contributed by atoms with Crippen molar-refractivity contribution in [2.24, 2.45) is 5.73 Å². The highest BCUT2D eigenvalue weighted by atomic mass is 19.4. The fraction of sp³-hybridized carbons (Fsp3) is 0.381. The number of primary amides is 1. The number of halogens is 3. The van der Waals surface area contributed by atoms with E-state index in [-0.39, 0.29) is 31.6 Å². The topological polar surface area (TPSA) is 125 Å². The predicted molar refractivity (Wildman–Crippen MR) is 107 cm³/mol. The zero-order chi connectivity index (χ0) is 23.4. The lowest BCUT2D eigenvalue weighted by Crippen LogP contribution is -2.16. The second kappa shape index (κ2) is 12.1. The van der Waals surface area contributed by atoms with Gasteiger partial charge in [-0.3, -0.25) is 9.59 Å². The molecule has 0 saturated carbocycles. The Morgan fingerprint density at radius 2 is 1.94 bits per heavy atom. The minimum atomic E-state index is -4.69. The van der Waals surface area contributed by atoms with E-state index in [1.807, 2.05) is 0 Å². The summed E-state index contributed by atoms with van der Waals surface area (Å²) in [6, 6.07) is 4.28. The van der Waals surface area contributed by atoms with E-state index in [9.17, 15) is 27.9 Å². The van der Waals surface area contributed by atoms with Crippen LogP contribution in [-0.4, -0.2) is 23.5 Å². The van der Waals surface area contributed by atoms with Crippen LogP contribution in [0.1, 0.15) is 44.1 Å². The van der Waals surface area contributed by atoms with Crippen molar-refractivity contribution in [3.05, 3.63) is 35.1 Å². The van der Waals surface area contributed by atoms with Crippen LogP contribution in [-0.2, 0) is 15.8 Å². The molecule has 1 rings (SSSR count). The third kappa shape index (κ3) is 8.70. The van der Waals surface area contributed by atoms with Crippen molar-refractivity contribution in [2.75, 3.05) is 11.9 Å². The lowest BCUT2D eigenvalue weighted by atomic mass is 10.1. The molecule has 0 spiro atoms. The molecule has 0 radical (unpaired) electrons. The number of unbranched alkanes of at least 4 members (excludes halogenated alkanes) is 2. The lowest BCUT2D eigenvalue weighted by Gasteiger charge is -2.16. The standard InChI is InChI=1S/C21H22F3N3O4/c1-2-3-7-17(28)15(13-25)20(30)27-14-9-10-16(21(22,23)24)18(12-14)31-11-6-4-5-8-19(26)29/h1,9-10,12,28H,3-8,11H2,(H2,26,29)(H,27,30)/b17-15-. The Kier molecular flexibility index (Phi) is 9.93. The van der Waals surface area contributed by atoms with Crippen LogP contribution in [0.15, 0.2) is 29.5 Å². The number of hydrogen-bond donors (Lipinski definition) is 3. The summed E-state index contributed by atoms with van der Waals surface area (Å²) in [6.45, 7) is -0.0462. The molecule has 0 atom stereocenters. The highest BCUT2D eigenvalue weighted by Crippen LogP contribution is 2.38. The molecule has 0 aliphatic heterocycles. The van der Waals surface area contributed by atoms with Crippen LogP contribution in [0.3, 0.4) is 0 Å². The molecule has 7 nitrogen and oxygen atoms in total. The maximum atomic E-state index is 13.2. The van der Waals surface area contributed by atoms with Crippen molar-refractivity contribution in [3.63, 3.8) is 0 Å². The molecule has 0 heterocycles. The number of hydrogen-bond acceptors (Lipinski definition) is 5. The predicted octanol–water partition coefficient (Wildman–Crippen LogP) is 3.82. The molecule has 0 bridgehead atoms. The Bertz CT molecular complexity index is 912. The first kappa shape index (κ1) is 25.4. The van der Waals surface area contributed by atoms with E-state index in [1.54, 1.807) is 6.07 Å². The van der Waals surface area contributed by atoms with E-state index in [2.05, 4.69) is 11.2 Å². The van der Waals surface area contributed by atoms with Crippen LogP contribution < -0.4 is 15.8 Å². The molecule has 0 fully saturated rings. The molecule has 2 amide bonds. The molecule has 1 aromatic rings. The van der Waals surface area contributed by atoms with Crippen molar-refractivity contribution in [1.29, 1.82) is 5.26 Å². The molecule has 0 saturated heterocycles. The number of amides is 2. The Hall–Kier alpha value is -3.66. The van der Waals surface area contributed by atoms with Crippen LogP contribution in [0.2, 0.25) is 0 Å². The fourth-order valence-corrected chi connectivity index (χ4v) is 2.47. The van der Waals surface area contributed by atoms with Gasteiger partial charge in [0, 0.05) is 31.0 Å². The first-order chi connectivity index (χ1) is 14.6. The van der Waals surface area contributed by atoms with Crippen LogP contribution in [0.5, 0.6) is 5.75 Å². The van der Waals surface area contributed by atoms with Gasteiger partial charge in [-0.1, -0.05) is 0 Å². The summed E-state index contributed by atoms with van der Waals surface area (Å²) in [6.07, 6.45) is 1.99. The number of alkyl halides is 3. The highest BCUT2D eigenvalue weighted by Gasteiger charge is 2.34. The summed E-state index contributed by atoms with van der Waals surface area (Å²) in [5.41, 5.74) is 3.34. The van der Waals surface area contributed by atoms with Gasteiger partial charge in [-0.2, -0.15) is 18.4 Å². The zero-order valence-electron chi connectivity index (χ0n) is 16.6. The number of nitrogens with two attached hydrogens (primary N) is 1. The first-order valence-electron chi connectivity index (χ1n) is 9.29. The Labute approximate surface area is 177 Å². The largest absolute Gasteiger partial charge is 0.511 e. The van der Waals surface area contributed by atoms with Crippen molar-refractivity contribution in [3.8, 4) is 24.2 Å². The second-order valence-corrected chi connectivity index (χ2v) is 6.43. The molecule has 4 N–H and O–H groups in total. The van der Waals surface area contributed by atoms with Gasteiger partial charge in [-0.25, -0.2) is 0 Å². The quantitative estimate of drug-likeness (QED) is 0.160. The number of allylic oxidation sites excluding steroid dienone is 1. The summed E-state index contributed by atoms with van der Waals surface area (Å²) in [5.74, 6) is -0.217. The molecule has 1 aromatic carbocycles. The molecular weight excluding hydrogens is 415 g/mol. The number of ether oxygens (including phenoxy) is 1. The average Bonchev–Trinajstić information content (AvgIpc) is 2.68. The van der Waals surface area contributed by atoms with Gasteiger partial charge in [0.2, 0.25) is 5.91 Å². The number of terminal acetylenes is 1. The number of nitrogens with one attached hydrogen (secondary N) is 1. The number of nitrogens with zero attached hydrogens (tertiary/aromatic N) is 1. The van der Waals surface area contributed by atoms with Crippen LogP contribution in [0, 0.1) is 23.7 Å². The number of anilines is 1. The molecular formula is C21H22F3N3O4. The highest BCUT2D eigenvalue weighted by molar-refractivity contribution is 6.07. The van der Waals surface area contributed by atoms with Gasteiger partial charge < -0.3 is 20.9 Å². The molecule has 0 aliphatic rings. The summed E-state index contributed by atoms with van der Waals surface area (Å²) >= 11 is 0. The van der Waals surface area contributed by atoms with Gasteiger partial charge in [-0.05, 0) is 31.4 Å². The fourth-order valence-electron chi connectivity index (χ4n) is 2.47. The van der Waals surface area contributed by atoms with E-state index >= 15 is 0 Å². The van der Waals surface area contributed by atoms with Gasteiger partial charge in [0.1, 0.15) is 17.6 Å². The van der Waals surface area contributed by atoms with E-state index in [4.69, 9.17) is 22.2 Å². The van der Waals surface area contributed by atoms with Crippen LogP contribution in [0.25, 0.3) is 0 Å². The Balaban J connectivity index is 2.94. The lowest BCUT2D eigenvalue weighted by molar-refractivity contribution is -0.139. The number of rotatable bonds is 11. The maximum absolute atomic E-state index is 13.2. The average molecular weight is 437 g/mol. The van der Waals surface area contributed by atoms with Gasteiger partial charge in [-0.15, -0.1) is 12.3 Å². The van der Waals surface area contributed by atoms with Crippen molar-refractivity contribution < 1.29 is 32.6 Å². The van der Waals surface area contributed by atoms with Gasteiger partial charge in [0.05, 0.1) is 12.2 Å². The first-order valence-corrected chi connectivity index (χ1v) is 9.29. The summed E-state index contributed by atoms with van der Waals surface area (Å²) in [4.78, 5) is 22.9. The molecule has 0 unspecified atom stereocenters. The zero-order valence-corrected chi connectivity index (χ0v) is 16.6. The number of benzene rings is 1. The van der Waals surface area contributed by atoms with E-state index in [0.29, 0.717) is 19.3 Å². The minimum absolute atomic E-state index is 0.0462. The SMILES string of the molecule is C#CCC/C(O)=C(\C#N)C(=O)Nc1ccc(C(F)(F)F)c(OCCCCCC(N)=O)c1.